The Hall–Kier alpha value is -2.65. The maximum absolute atomic E-state index is 9.13. The van der Waals surface area contributed by atoms with Crippen molar-refractivity contribution < 1.29 is 0 Å². The van der Waals surface area contributed by atoms with Crippen LogP contribution in [0.1, 0.15) is 44.9 Å². The predicted octanol–water partition coefficient (Wildman–Crippen LogP) is 4.21. The first-order valence-corrected chi connectivity index (χ1v) is 10.8. The molecule has 6 heteroatoms. The van der Waals surface area contributed by atoms with Gasteiger partial charge in [0, 0.05) is 37.1 Å². The summed E-state index contributed by atoms with van der Waals surface area (Å²) < 4.78 is 0. The normalized spacial score (nSPS) is 16.2. The molecule has 1 aliphatic rings. The van der Waals surface area contributed by atoms with E-state index in [2.05, 4.69) is 48.0 Å². The summed E-state index contributed by atoms with van der Waals surface area (Å²) in [5, 5.41) is 12.4. The highest BCUT2D eigenvalue weighted by atomic mass is 15.2. The minimum atomic E-state index is 0.605. The molecule has 1 N–H and O–H groups in total. The standard InChI is InChI=1S/C23H32N6/c1-4-8-20-14-22(29-12-11-19(17-29)16-28(5-2)6-3)27-23(25-20)26-21-10-7-9-18(13-21)15-24/h7,9-10,13-14,19H,4-6,8,11-12,16-17H2,1-3H3,(H,25,26,27). The molecule has 0 spiro atoms. The highest BCUT2D eigenvalue weighted by molar-refractivity contribution is 5.58. The highest BCUT2D eigenvalue weighted by Crippen LogP contribution is 2.26. The monoisotopic (exact) mass is 392 g/mol. The van der Waals surface area contributed by atoms with Crippen LogP contribution in [-0.4, -0.2) is 47.6 Å². The molecular weight excluding hydrogens is 360 g/mol. The number of benzene rings is 1. The third-order valence-corrected chi connectivity index (χ3v) is 5.54. The summed E-state index contributed by atoms with van der Waals surface area (Å²) in [7, 11) is 0. The molecule has 2 aromatic rings. The van der Waals surface area contributed by atoms with Gasteiger partial charge in [0.05, 0.1) is 11.6 Å². The second kappa shape index (κ2) is 10.2. The molecule has 1 aromatic heterocycles. The molecule has 0 bridgehead atoms. The highest BCUT2D eigenvalue weighted by Gasteiger charge is 2.25. The Morgan fingerprint density at radius 1 is 1.21 bits per heavy atom. The Labute approximate surface area is 174 Å². The van der Waals surface area contributed by atoms with Crippen molar-refractivity contribution in [1.82, 2.24) is 14.9 Å². The Kier molecular flexibility index (Phi) is 7.42. The molecule has 0 amide bonds. The summed E-state index contributed by atoms with van der Waals surface area (Å²) in [6, 6.07) is 11.7. The van der Waals surface area contributed by atoms with E-state index in [4.69, 9.17) is 15.2 Å². The zero-order valence-electron chi connectivity index (χ0n) is 17.9. The molecule has 1 atom stereocenters. The Balaban J connectivity index is 1.77. The van der Waals surface area contributed by atoms with Crippen molar-refractivity contribution in [3.8, 4) is 6.07 Å². The van der Waals surface area contributed by atoms with Crippen LogP contribution in [-0.2, 0) is 6.42 Å². The van der Waals surface area contributed by atoms with Crippen LogP contribution in [0.3, 0.4) is 0 Å². The number of nitrogens with one attached hydrogen (secondary N) is 1. The maximum Gasteiger partial charge on any atom is 0.229 e. The molecule has 1 saturated heterocycles. The smallest absolute Gasteiger partial charge is 0.229 e. The van der Waals surface area contributed by atoms with Crippen molar-refractivity contribution in [2.75, 3.05) is 42.9 Å². The fourth-order valence-electron chi connectivity index (χ4n) is 3.92. The van der Waals surface area contributed by atoms with E-state index >= 15 is 0 Å². The molecule has 1 aromatic carbocycles. The molecule has 154 valence electrons. The summed E-state index contributed by atoms with van der Waals surface area (Å²) in [4.78, 5) is 14.4. The SMILES string of the molecule is CCCc1cc(N2CCC(CN(CC)CC)C2)nc(Nc2cccc(C#N)c2)n1. The molecule has 0 radical (unpaired) electrons. The lowest BCUT2D eigenvalue weighted by molar-refractivity contribution is 0.261. The fourth-order valence-corrected chi connectivity index (χ4v) is 3.92. The van der Waals surface area contributed by atoms with Crippen LogP contribution >= 0.6 is 0 Å². The third kappa shape index (κ3) is 5.68. The molecule has 1 fully saturated rings. The van der Waals surface area contributed by atoms with Crippen molar-refractivity contribution >= 4 is 17.5 Å². The van der Waals surface area contributed by atoms with Gasteiger partial charge in [-0.15, -0.1) is 0 Å². The fraction of sp³-hybridized carbons (Fsp3) is 0.522. The average Bonchev–Trinajstić information content (AvgIpc) is 3.21. The van der Waals surface area contributed by atoms with Crippen LogP contribution in [0.25, 0.3) is 0 Å². The summed E-state index contributed by atoms with van der Waals surface area (Å²) in [5.41, 5.74) is 2.52. The number of anilines is 3. The van der Waals surface area contributed by atoms with Gasteiger partial charge in [0.25, 0.3) is 0 Å². The van der Waals surface area contributed by atoms with Crippen LogP contribution in [0.4, 0.5) is 17.5 Å². The predicted molar refractivity (Wildman–Crippen MR) is 119 cm³/mol. The topological polar surface area (TPSA) is 68.1 Å². The van der Waals surface area contributed by atoms with E-state index in [0.717, 1.165) is 62.8 Å². The zero-order valence-corrected chi connectivity index (χ0v) is 17.9. The summed E-state index contributed by atoms with van der Waals surface area (Å²) in [6.45, 7) is 12.1. The van der Waals surface area contributed by atoms with Crippen LogP contribution in [0.5, 0.6) is 0 Å². The molecule has 3 rings (SSSR count). The van der Waals surface area contributed by atoms with Crippen molar-refractivity contribution in [2.24, 2.45) is 5.92 Å². The number of rotatable bonds is 9. The van der Waals surface area contributed by atoms with Gasteiger partial charge >= 0.3 is 0 Å². The number of hydrogen-bond donors (Lipinski definition) is 1. The Morgan fingerprint density at radius 2 is 2.03 bits per heavy atom. The van der Waals surface area contributed by atoms with Crippen molar-refractivity contribution in [3.05, 3.63) is 41.6 Å². The first-order valence-electron chi connectivity index (χ1n) is 10.8. The summed E-state index contributed by atoms with van der Waals surface area (Å²) >= 11 is 0. The Morgan fingerprint density at radius 3 is 2.76 bits per heavy atom. The third-order valence-electron chi connectivity index (χ3n) is 5.54. The second-order valence-corrected chi connectivity index (χ2v) is 7.70. The minimum Gasteiger partial charge on any atom is -0.356 e. The molecule has 0 saturated carbocycles. The van der Waals surface area contributed by atoms with Gasteiger partial charge in [0.1, 0.15) is 5.82 Å². The van der Waals surface area contributed by atoms with E-state index in [1.807, 2.05) is 18.2 Å². The van der Waals surface area contributed by atoms with E-state index in [1.165, 1.54) is 6.42 Å². The maximum atomic E-state index is 9.13. The quantitative estimate of drug-likeness (QED) is 0.689. The Bertz CT molecular complexity index is 840. The lowest BCUT2D eigenvalue weighted by atomic mass is 10.1. The molecular formula is C23H32N6. The van der Waals surface area contributed by atoms with Crippen LogP contribution < -0.4 is 10.2 Å². The van der Waals surface area contributed by atoms with E-state index in [-0.39, 0.29) is 0 Å². The van der Waals surface area contributed by atoms with Crippen LogP contribution in [0.15, 0.2) is 30.3 Å². The van der Waals surface area contributed by atoms with Gasteiger partial charge in [-0.25, -0.2) is 4.98 Å². The lowest BCUT2D eigenvalue weighted by Gasteiger charge is -2.23. The average molecular weight is 393 g/mol. The van der Waals surface area contributed by atoms with Crippen molar-refractivity contribution in [1.29, 1.82) is 5.26 Å². The number of aryl methyl sites for hydroxylation is 1. The first kappa shape index (κ1) is 21.1. The molecule has 2 heterocycles. The molecule has 6 nitrogen and oxygen atoms in total. The summed E-state index contributed by atoms with van der Waals surface area (Å²) in [6.07, 6.45) is 3.18. The number of nitriles is 1. The number of nitrogens with zero attached hydrogens (tertiary/aromatic N) is 5. The van der Waals surface area contributed by atoms with Gasteiger partial charge in [-0.1, -0.05) is 33.3 Å². The molecule has 1 aliphatic heterocycles. The van der Waals surface area contributed by atoms with Crippen LogP contribution in [0, 0.1) is 17.2 Å². The van der Waals surface area contributed by atoms with Crippen molar-refractivity contribution in [2.45, 2.75) is 40.0 Å². The molecule has 29 heavy (non-hydrogen) atoms. The first-order chi connectivity index (χ1) is 14.1. The number of aromatic nitrogens is 2. The van der Waals surface area contributed by atoms with Gasteiger partial charge in [0.15, 0.2) is 0 Å². The van der Waals surface area contributed by atoms with Gasteiger partial charge in [-0.2, -0.15) is 10.2 Å². The van der Waals surface area contributed by atoms with Crippen LogP contribution in [0.2, 0.25) is 0 Å². The van der Waals surface area contributed by atoms with Gasteiger partial charge < -0.3 is 15.1 Å². The van der Waals surface area contributed by atoms with Gasteiger partial charge in [0.2, 0.25) is 5.95 Å². The van der Waals surface area contributed by atoms with E-state index in [0.29, 0.717) is 17.4 Å². The van der Waals surface area contributed by atoms with E-state index < -0.39 is 0 Å². The molecule has 1 unspecified atom stereocenters. The van der Waals surface area contributed by atoms with Crippen molar-refractivity contribution in [3.63, 3.8) is 0 Å². The number of hydrogen-bond acceptors (Lipinski definition) is 6. The van der Waals surface area contributed by atoms with Gasteiger partial charge in [-0.3, -0.25) is 0 Å². The molecule has 0 aliphatic carbocycles. The lowest BCUT2D eigenvalue weighted by Crippen LogP contribution is -2.31. The second-order valence-electron chi connectivity index (χ2n) is 7.70. The minimum absolute atomic E-state index is 0.605. The zero-order chi connectivity index (χ0) is 20.6. The summed E-state index contributed by atoms with van der Waals surface area (Å²) in [5.74, 6) is 2.29. The van der Waals surface area contributed by atoms with E-state index in [9.17, 15) is 0 Å². The van der Waals surface area contributed by atoms with E-state index in [1.54, 1.807) is 6.07 Å². The van der Waals surface area contributed by atoms with Gasteiger partial charge in [-0.05, 0) is 50.0 Å². The largest absolute Gasteiger partial charge is 0.356 e.